The molecule has 0 spiro atoms. The van der Waals surface area contributed by atoms with Gasteiger partial charge in [-0.1, -0.05) is 41.9 Å². The van der Waals surface area contributed by atoms with Crippen LogP contribution in [0.3, 0.4) is 0 Å². The van der Waals surface area contributed by atoms with Gasteiger partial charge in [-0.3, -0.25) is 10.1 Å². The van der Waals surface area contributed by atoms with Crippen LogP contribution in [-0.2, 0) is 4.79 Å². The van der Waals surface area contributed by atoms with Crippen molar-refractivity contribution in [1.29, 1.82) is 0 Å². The van der Waals surface area contributed by atoms with E-state index in [2.05, 4.69) is 10.3 Å². The molecule has 25 heavy (non-hydrogen) atoms. The number of ether oxygens (including phenoxy) is 1. The third-order valence-electron chi connectivity index (χ3n) is 3.59. The molecule has 0 radical (unpaired) electrons. The van der Waals surface area contributed by atoms with Crippen LogP contribution in [0, 0.1) is 13.8 Å². The van der Waals surface area contributed by atoms with E-state index in [0.29, 0.717) is 15.9 Å². The highest BCUT2D eigenvalue weighted by Gasteiger charge is 2.12. The van der Waals surface area contributed by atoms with Crippen molar-refractivity contribution < 1.29 is 9.53 Å². The summed E-state index contributed by atoms with van der Waals surface area (Å²) in [5, 5.41) is 4.02. The first kappa shape index (κ1) is 17.5. The van der Waals surface area contributed by atoms with Crippen molar-refractivity contribution in [2.75, 3.05) is 11.9 Å². The topological polar surface area (TPSA) is 51.2 Å². The fourth-order valence-electron chi connectivity index (χ4n) is 2.32. The maximum Gasteiger partial charge on any atom is 0.264 e. The number of aromatic nitrogens is 1. The van der Waals surface area contributed by atoms with Crippen LogP contribution < -0.4 is 10.1 Å². The number of benzene rings is 2. The molecule has 3 aromatic rings. The van der Waals surface area contributed by atoms with E-state index in [1.165, 1.54) is 11.3 Å². The molecule has 3 rings (SSSR count). The SMILES string of the molecule is Cc1cc(OCC(=O)Nc2nc(-c3ccccc3)c(C)s2)ccc1Cl. The zero-order valence-electron chi connectivity index (χ0n) is 13.9. The van der Waals surface area contributed by atoms with E-state index in [9.17, 15) is 4.79 Å². The highest BCUT2D eigenvalue weighted by molar-refractivity contribution is 7.16. The van der Waals surface area contributed by atoms with E-state index >= 15 is 0 Å². The van der Waals surface area contributed by atoms with Crippen molar-refractivity contribution in [2.24, 2.45) is 0 Å². The summed E-state index contributed by atoms with van der Waals surface area (Å²) in [6, 6.07) is 15.2. The number of hydrogen-bond acceptors (Lipinski definition) is 4. The number of halogens is 1. The molecule has 128 valence electrons. The van der Waals surface area contributed by atoms with Crippen LogP contribution in [0.1, 0.15) is 10.4 Å². The molecule has 0 bridgehead atoms. The Labute approximate surface area is 155 Å². The molecule has 0 aliphatic rings. The molecule has 1 amide bonds. The van der Waals surface area contributed by atoms with E-state index in [-0.39, 0.29) is 12.5 Å². The summed E-state index contributed by atoms with van der Waals surface area (Å²) in [5.41, 5.74) is 2.82. The van der Waals surface area contributed by atoms with Gasteiger partial charge in [-0.2, -0.15) is 0 Å². The Morgan fingerprint density at radius 1 is 1.20 bits per heavy atom. The minimum absolute atomic E-state index is 0.0830. The van der Waals surface area contributed by atoms with Gasteiger partial charge in [0.05, 0.1) is 5.69 Å². The van der Waals surface area contributed by atoms with Crippen molar-refractivity contribution in [2.45, 2.75) is 13.8 Å². The van der Waals surface area contributed by atoms with E-state index in [4.69, 9.17) is 16.3 Å². The summed E-state index contributed by atoms with van der Waals surface area (Å²) in [6.07, 6.45) is 0. The van der Waals surface area contributed by atoms with E-state index < -0.39 is 0 Å². The normalized spacial score (nSPS) is 10.5. The molecular weight excluding hydrogens is 356 g/mol. The van der Waals surface area contributed by atoms with Gasteiger partial charge in [0.2, 0.25) is 0 Å². The second-order valence-corrected chi connectivity index (χ2v) is 7.15. The molecule has 4 nitrogen and oxygen atoms in total. The minimum Gasteiger partial charge on any atom is -0.484 e. The number of rotatable bonds is 5. The highest BCUT2D eigenvalue weighted by atomic mass is 35.5. The predicted molar refractivity (Wildman–Crippen MR) is 103 cm³/mol. The first-order valence-corrected chi connectivity index (χ1v) is 8.94. The third-order valence-corrected chi connectivity index (χ3v) is 4.90. The second-order valence-electron chi connectivity index (χ2n) is 5.54. The van der Waals surface area contributed by atoms with Gasteiger partial charge in [0, 0.05) is 15.5 Å². The second kappa shape index (κ2) is 7.68. The number of thiazole rings is 1. The molecule has 0 saturated carbocycles. The van der Waals surface area contributed by atoms with E-state index in [0.717, 1.165) is 21.7 Å². The van der Waals surface area contributed by atoms with Gasteiger partial charge < -0.3 is 4.74 Å². The largest absolute Gasteiger partial charge is 0.484 e. The van der Waals surface area contributed by atoms with Crippen molar-refractivity contribution in [3.05, 3.63) is 64.0 Å². The van der Waals surface area contributed by atoms with Gasteiger partial charge >= 0.3 is 0 Å². The summed E-state index contributed by atoms with van der Waals surface area (Å²) >= 11 is 7.42. The van der Waals surface area contributed by atoms with Crippen LogP contribution in [0.2, 0.25) is 5.02 Å². The molecule has 2 aromatic carbocycles. The molecule has 1 heterocycles. The Morgan fingerprint density at radius 2 is 1.96 bits per heavy atom. The molecule has 0 aliphatic heterocycles. The first-order valence-electron chi connectivity index (χ1n) is 7.74. The van der Waals surface area contributed by atoms with Crippen molar-refractivity contribution in [3.8, 4) is 17.0 Å². The maximum atomic E-state index is 12.1. The molecular formula is C19H17ClN2O2S. The number of carbonyl (C=O) groups is 1. The van der Waals surface area contributed by atoms with Crippen LogP contribution in [0.15, 0.2) is 48.5 Å². The van der Waals surface area contributed by atoms with Crippen molar-refractivity contribution in [3.63, 3.8) is 0 Å². The van der Waals surface area contributed by atoms with Gasteiger partial charge in [-0.25, -0.2) is 4.98 Å². The quantitative estimate of drug-likeness (QED) is 0.678. The fourth-order valence-corrected chi connectivity index (χ4v) is 3.29. The lowest BCUT2D eigenvalue weighted by molar-refractivity contribution is -0.118. The molecule has 0 saturated heterocycles. The van der Waals surface area contributed by atoms with E-state index in [1.54, 1.807) is 18.2 Å². The standard InChI is InChI=1S/C19H17ClN2O2S/c1-12-10-15(8-9-16(12)20)24-11-17(23)21-19-22-18(13(2)25-19)14-6-4-3-5-7-14/h3-10H,11H2,1-2H3,(H,21,22,23). The zero-order valence-corrected chi connectivity index (χ0v) is 15.4. The number of aryl methyl sites for hydroxylation is 2. The Balaban J connectivity index is 1.62. The number of nitrogens with one attached hydrogen (secondary N) is 1. The van der Waals surface area contributed by atoms with Crippen molar-refractivity contribution in [1.82, 2.24) is 4.98 Å². The Hall–Kier alpha value is -2.37. The van der Waals surface area contributed by atoms with Crippen LogP contribution in [0.5, 0.6) is 5.75 Å². The summed E-state index contributed by atoms with van der Waals surface area (Å²) in [6.45, 7) is 3.79. The number of anilines is 1. The number of hydrogen-bond donors (Lipinski definition) is 1. The molecule has 0 aliphatic carbocycles. The van der Waals surface area contributed by atoms with Gasteiger partial charge in [-0.05, 0) is 37.6 Å². The zero-order chi connectivity index (χ0) is 17.8. The molecule has 0 atom stereocenters. The summed E-state index contributed by atoms with van der Waals surface area (Å²) in [4.78, 5) is 17.7. The number of amides is 1. The molecule has 1 aromatic heterocycles. The predicted octanol–water partition coefficient (Wildman–Crippen LogP) is 5.10. The van der Waals surface area contributed by atoms with Gasteiger partial charge in [-0.15, -0.1) is 11.3 Å². The monoisotopic (exact) mass is 372 g/mol. The Bertz CT molecular complexity index is 894. The van der Waals surface area contributed by atoms with Crippen LogP contribution in [0.25, 0.3) is 11.3 Å². The summed E-state index contributed by atoms with van der Waals surface area (Å²) in [7, 11) is 0. The fraction of sp³-hybridized carbons (Fsp3) is 0.158. The number of carbonyl (C=O) groups excluding carboxylic acids is 1. The lowest BCUT2D eigenvalue weighted by atomic mass is 10.1. The van der Waals surface area contributed by atoms with Gasteiger partial charge in [0.15, 0.2) is 11.7 Å². The van der Waals surface area contributed by atoms with Crippen molar-refractivity contribution >= 4 is 34.0 Å². The Morgan fingerprint density at radius 3 is 2.68 bits per heavy atom. The molecule has 6 heteroatoms. The first-order chi connectivity index (χ1) is 12.0. The highest BCUT2D eigenvalue weighted by Crippen LogP contribution is 2.30. The minimum atomic E-state index is -0.249. The summed E-state index contributed by atoms with van der Waals surface area (Å²) < 4.78 is 5.50. The average molecular weight is 373 g/mol. The van der Waals surface area contributed by atoms with Crippen LogP contribution in [-0.4, -0.2) is 17.5 Å². The van der Waals surface area contributed by atoms with E-state index in [1.807, 2.05) is 44.2 Å². The Kier molecular flexibility index (Phi) is 5.36. The van der Waals surface area contributed by atoms with Gasteiger partial charge in [0.1, 0.15) is 5.75 Å². The smallest absolute Gasteiger partial charge is 0.264 e. The molecule has 0 unspecified atom stereocenters. The summed E-state index contributed by atoms with van der Waals surface area (Å²) in [5.74, 6) is 0.360. The lowest BCUT2D eigenvalue weighted by Gasteiger charge is -2.07. The van der Waals surface area contributed by atoms with Gasteiger partial charge in [0.25, 0.3) is 5.91 Å². The average Bonchev–Trinajstić information content (AvgIpc) is 2.97. The molecule has 1 N–H and O–H groups in total. The van der Waals surface area contributed by atoms with Crippen LogP contribution >= 0.6 is 22.9 Å². The maximum absolute atomic E-state index is 12.1. The third kappa shape index (κ3) is 4.38. The van der Waals surface area contributed by atoms with Crippen LogP contribution in [0.4, 0.5) is 5.13 Å². The lowest BCUT2D eigenvalue weighted by Crippen LogP contribution is -2.20. The number of nitrogens with zero attached hydrogens (tertiary/aromatic N) is 1. The molecule has 0 fully saturated rings.